The van der Waals surface area contributed by atoms with Gasteiger partial charge in [0.05, 0.1) is 37.0 Å². The van der Waals surface area contributed by atoms with Gasteiger partial charge in [0.25, 0.3) is 0 Å². The van der Waals surface area contributed by atoms with Crippen LogP contribution in [0.25, 0.3) is 10.2 Å². The van der Waals surface area contributed by atoms with Gasteiger partial charge in [-0.25, -0.2) is 9.78 Å². The number of hydrogen-bond acceptors (Lipinski definition) is 8. The minimum atomic E-state index is -0.740. The zero-order chi connectivity index (χ0) is 31.5. The molecule has 2 aliphatic heterocycles. The monoisotopic (exact) mass is 625 g/mol. The molecule has 3 heterocycles. The molecule has 0 unspecified atom stereocenters. The molecule has 2 atom stereocenters. The number of anilines is 1. The number of urea groups is 1. The Morgan fingerprint density at radius 2 is 1.89 bits per heavy atom. The number of fused-ring (bicyclic) bond motifs is 2. The summed E-state index contributed by atoms with van der Waals surface area (Å²) in [6, 6.07) is 21.8. The van der Waals surface area contributed by atoms with Gasteiger partial charge in [-0.3, -0.25) is 14.6 Å². The fourth-order valence-electron chi connectivity index (χ4n) is 6.02. The maximum atomic E-state index is 14.2. The lowest BCUT2D eigenvalue weighted by Gasteiger charge is -2.46. The summed E-state index contributed by atoms with van der Waals surface area (Å²) in [6.45, 7) is 4.79. The molecule has 232 valence electrons. The molecule has 4 amide bonds. The summed E-state index contributed by atoms with van der Waals surface area (Å²) in [5.74, 6) is 0.370. The van der Waals surface area contributed by atoms with Gasteiger partial charge in [0.1, 0.15) is 18.0 Å². The second-order valence-corrected chi connectivity index (χ2v) is 12.1. The van der Waals surface area contributed by atoms with Crippen LogP contribution in [0.2, 0.25) is 0 Å². The van der Waals surface area contributed by atoms with Crippen LogP contribution in [-0.4, -0.2) is 81.6 Å². The number of nitrogens with zero attached hydrogens (tertiary/aromatic N) is 5. The highest BCUT2D eigenvalue weighted by Crippen LogP contribution is 2.32. The summed E-state index contributed by atoms with van der Waals surface area (Å²) in [5.41, 5.74) is 9.49. The Kier molecular flexibility index (Phi) is 8.67. The Hall–Kier alpha value is -4.94. The van der Waals surface area contributed by atoms with Crippen molar-refractivity contribution in [3.8, 4) is 5.75 Å². The number of hydrazine groups is 1. The number of ether oxygens (including phenoxy) is 1. The minimum Gasteiger partial charge on any atom is -0.497 e. The molecule has 0 saturated carbocycles. The Morgan fingerprint density at radius 3 is 2.62 bits per heavy atom. The topological polar surface area (TPSA) is 124 Å². The van der Waals surface area contributed by atoms with Gasteiger partial charge >= 0.3 is 6.03 Å². The molecular weight excluding hydrogens is 590 g/mol. The highest BCUT2D eigenvalue weighted by molar-refractivity contribution is 7.22. The molecule has 45 heavy (non-hydrogen) atoms. The van der Waals surface area contributed by atoms with E-state index < -0.39 is 12.2 Å². The first-order valence-electron chi connectivity index (χ1n) is 14.7. The number of rotatable bonds is 10. The van der Waals surface area contributed by atoms with Crippen LogP contribution >= 0.6 is 11.3 Å². The van der Waals surface area contributed by atoms with Crippen LogP contribution in [0, 0.1) is 0 Å². The number of amides is 4. The van der Waals surface area contributed by atoms with Crippen LogP contribution in [0.5, 0.6) is 5.75 Å². The molecule has 2 fully saturated rings. The Morgan fingerprint density at radius 1 is 1.11 bits per heavy atom. The number of piperazine rings is 1. The van der Waals surface area contributed by atoms with Gasteiger partial charge in [0.15, 0.2) is 5.13 Å². The first-order valence-corrected chi connectivity index (χ1v) is 15.5. The number of carbonyl (C=O) groups is 3. The number of aromatic nitrogens is 1. The van der Waals surface area contributed by atoms with E-state index in [0.717, 1.165) is 32.7 Å². The van der Waals surface area contributed by atoms with E-state index in [1.54, 1.807) is 28.0 Å². The fraction of sp³-hybridized carbons (Fsp3) is 0.273. The molecule has 3 aromatic carbocycles. The van der Waals surface area contributed by atoms with Crippen molar-refractivity contribution >= 4 is 44.5 Å². The smallest absolute Gasteiger partial charge is 0.332 e. The quantitative estimate of drug-likeness (QED) is 0.258. The molecule has 11 nitrogen and oxygen atoms in total. The molecule has 0 aliphatic carbocycles. The molecule has 6 rings (SSSR count). The second-order valence-electron chi connectivity index (χ2n) is 11.0. The highest BCUT2D eigenvalue weighted by atomic mass is 32.1. The van der Waals surface area contributed by atoms with E-state index in [4.69, 9.17) is 10.5 Å². The van der Waals surface area contributed by atoms with Crippen LogP contribution in [0.15, 0.2) is 85.5 Å². The maximum Gasteiger partial charge on any atom is 0.332 e. The van der Waals surface area contributed by atoms with E-state index in [1.165, 1.54) is 16.3 Å². The van der Waals surface area contributed by atoms with E-state index in [-0.39, 0.29) is 44.0 Å². The van der Waals surface area contributed by atoms with E-state index in [2.05, 4.69) is 16.9 Å². The van der Waals surface area contributed by atoms with E-state index in [9.17, 15) is 14.4 Å². The third-order valence-corrected chi connectivity index (χ3v) is 9.02. The summed E-state index contributed by atoms with van der Waals surface area (Å²) in [7, 11) is 1.60. The summed E-state index contributed by atoms with van der Waals surface area (Å²) in [4.78, 5) is 49.4. The lowest BCUT2D eigenvalue weighted by Crippen LogP contribution is -2.66. The summed E-state index contributed by atoms with van der Waals surface area (Å²) >= 11 is 1.40. The van der Waals surface area contributed by atoms with Crippen molar-refractivity contribution in [2.75, 3.05) is 32.5 Å². The molecule has 2 saturated heterocycles. The number of nitrogens with one attached hydrogen (secondary N) is 1. The van der Waals surface area contributed by atoms with Crippen LogP contribution < -0.4 is 15.8 Å². The molecule has 0 radical (unpaired) electrons. The van der Waals surface area contributed by atoms with Gasteiger partial charge in [0, 0.05) is 19.5 Å². The maximum absolute atomic E-state index is 14.2. The van der Waals surface area contributed by atoms with Gasteiger partial charge in [-0.2, -0.15) is 5.01 Å². The fourth-order valence-corrected chi connectivity index (χ4v) is 6.80. The van der Waals surface area contributed by atoms with Gasteiger partial charge in [-0.1, -0.05) is 72.0 Å². The second kappa shape index (κ2) is 13.0. The normalized spacial score (nSPS) is 18.2. The number of para-hydroxylation sites is 1. The third kappa shape index (κ3) is 6.19. The SMILES string of the molecule is C=CCN(C(=O)NCc1ccc(OC)cc1)N1CC(=O)N2[C@@H](Cc3ccccc3)C(=O)N(Cc3cccc4sc(N)nc34)C[C@@H]21. The molecule has 4 aromatic rings. The van der Waals surface area contributed by atoms with Crippen LogP contribution in [0.3, 0.4) is 0 Å². The Labute approximate surface area is 265 Å². The summed E-state index contributed by atoms with van der Waals surface area (Å²) in [6.07, 6.45) is 1.42. The van der Waals surface area contributed by atoms with E-state index in [1.807, 2.05) is 72.8 Å². The number of thiazole rings is 1. The highest BCUT2D eigenvalue weighted by Gasteiger charge is 2.52. The van der Waals surface area contributed by atoms with E-state index >= 15 is 0 Å². The van der Waals surface area contributed by atoms with Crippen molar-refractivity contribution in [3.05, 3.63) is 102 Å². The van der Waals surface area contributed by atoms with E-state index in [0.29, 0.717) is 18.1 Å². The van der Waals surface area contributed by atoms with Crippen LogP contribution in [-0.2, 0) is 29.1 Å². The lowest BCUT2D eigenvalue weighted by atomic mass is 10.00. The predicted molar refractivity (Wildman–Crippen MR) is 173 cm³/mol. The third-order valence-electron chi connectivity index (χ3n) is 8.17. The van der Waals surface area contributed by atoms with Gasteiger partial charge in [0.2, 0.25) is 11.8 Å². The molecule has 3 N–H and O–H groups in total. The predicted octanol–water partition coefficient (Wildman–Crippen LogP) is 3.62. The Balaban J connectivity index is 1.29. The van der Waals surface area contributed by atoms with Crippen molar-refractivity contribution < 1.29 is 19.1 Å². The van der Waals surface area contributed by atoms with Crippen molar-refractivity contribution in [1.82, 2.24) is 30.1 Å². The van der Waals surface area contributed by atoms with Gasteiger partial charge < -0.3 is 25.6 Å². The van der Waals surface area contributed by atoms with Crippen LogP contribution in [0.1, 0.15) is 16.7 Å². The molecule has 1 aromatic heterocycles. The number of benzene rings is 3. The standard InChI is InChI=1S/C33H35N7O4S/c1-3-16-38(33(43)35-18-23-12-14-25(44-2)15-13-23)39-21-29(41)40-26(17-22-8-5-4-6-9-22)31(42)37(20-28(39)40)19-24-10-7-11-27-30(24)36-32(34)45-27/h3-15,26,28H,1,16-21H2,2H3,(H2,34,36)(H,35,43)/t26-,28+/m0/s1. The van der Waals surface area contributed by atoms with Crippen molar-refractivity contribution in [2.24, 2.45) is 0 Å². The summed E-state index contributed by atoms with van der Waals surface area (Å²) < 4.78 is 6.17. The summed E-state index contributed by atoms with van der Waals surface area (Å²) in [5, 5.41) is 6.70. The first kappa shape index (κ1) is 30.1. The zero-order valence-corrected chi connectivity index (χ0v) is 25.8. The molecule has 12 heteroatoms. The van der Waals surface area contributed by atoms with Gasteiger partial charge in [-0.05, 0) is 34.9 Å². The average Bonchev–Trinajstić information content (AvgIpc) is 3.60. The molecular formula is C33H35N7O4S. The van der Waals surface area contributed by atoms with Gasteiger partial charge in [-0.15, -0.1) is 6.58 Å². The minimum absolute atomic E-state index is 0.0426. The first-order chi connectivity index (χ1) is 21.9. The largest absolute Gasteiger partial charge is 0.497 e. The number of hydrogen-bond donors (Lipinski definition) is 2. The van der Waals surface area contributed by atoms with Crippen molar-refractivity contribution in [3.63, 3.8) is 0 Å². The lowest BCUT2D eigenvalue weighted by molar-refractivity contribution is -0.157. The Bertz CT molecular complexity index is 1710. The molecule has 0 spiro atoms. The number of nitrogens with two attached hydrogens (primary N) is 1. The number of nitrogen functional groups attached to an aromatic ring is 1. The number of carbonyl (C=O) groups excluding carboxylic acids is 3. The van der Waals surface area contributed by atoms with Crippen molar-refractivity contribution in [2.45, 2.75) is 31.7 Å². The average molecular weight is 626 g/mol. The molecule has 2 aliphatic rings. The van der Waals surface area contributed by atoms with Crippen LogP contribution in [0.4, 0.5) is 9.93 Å². The zero-order valence-electron chi connectivity index (χ0n) is 25.0. The van der Waals surface area contributed by atoms with Crippen molar-refractivity contribution in [1.29, 1.82) is 0 Å². The number of methoxy groups -OCH3 is 1. The molecule has 0 bridgehead atoms.